The Morgan fingerprint density at radius 3 is 2.52 bits per heavy atom. The molecule has 9 heteroatoms. The number of rotatable bonds is 10. The lowest BCUT2D eigenvalue weighted by molar-refractivity contribution is 0.565. The molecule has 0 bridgehead atoms. The molecule has 2 heterocycles. The van der Waals surface area contributed by atoms with Gasteiger partial charge < -0.3 is 4.57 Å². The summed E-state index contributed by atoms with van der Waals surface area (Å²) < 4.78 is 3.15. The summed E-state index contributed by atoms with van der Waals surface area (Å²) in [6.07, 6.45) is 6.79. The third-order valence-electron chi connectivity index (χ3n) is 5.33. The number of benzene rings is 1. The highest BCUT2D eigenvalue weighted by Crippen LogP contribution is 2.18. The molecule has 3 rings (SSSR count). The highest BCUT2D eigenvalue weighted by molar-refractivity contribution is 6.30. The van der Waals surface area contributed by atoms with Crippen LogP contribution in [0.3, 0.4) is 0 Å². The van der Waals surface area contributed by atoms with E-state index in [9.17, 15) is 9.59 Å². The number of hydrogen-bond donors (Lipinski definition) is 2. The lowest BCUT2D eigenvalue weighted by atomic mass is 10.1. The first-order chi connectivity index (χ1) is 14.9. The van der Waals surface area contributed by atoms with Crippen LogP contribution in [0, 0.1) is 0 Å². The smallest absolute Gasteiger partial charge is 0.303 e. The van der Waals surface area contributed by atoms with Crippen LogP contribution in [0.4, 0.5) is 5.95 Å². The van der Waals surface area contributed by atoms with Crippen molar-refractivity contribution in [2.45, 2.75) is 58.9 Å². The van der Waals surface area contributed by atoms with Crippen LogP contribution >= 0.6 is 11.6 Å². The van der Waals surface area contributed by atoms with Crippen molar-refractivity contribution in [1.82, 2.24) is 19.1 Å². The van der Waals surface area contributed by atoms with Gasteiger partial charge in [-0.1, -0.05) is 62.8 Å². The van der Waals surface area contributed by atoms with E-state index in [1.807, 2.05) is 23.6 Å². The SMILES string of the molecule is CCCCCCCCn1c(N/N=C(\C)c2ccc(Cl)cc2)nc2c1c(=O)[nH]c(=O)n2C. The fourth-order valence-electron chi connectivity index (χ4n) is 3.48. The van der Waals surface area contributed by atoms with E-state index in [-0.39, 0.29) is 0 Å². The minimum atomic E-state index is -0.492. The van der Waals surface area contributed by atoms with Crippen molar-refractivity contribution in [3.8, 4) is 0 Å². The summed E-state index contributed by atoms with van der Waals surface area (Å²) in [5, 5.41) is 5.10. The average molecular weight is 445 g/mol. The van der Waals surface area contributed by atoms with E-state index in [0.29, 0.717) is 28.7 Å². The van der Waals surface area contributed by atoms with Crippen molar-refractivity contribution in [2.75, 3.05) is 5.43 Å². The molecule has 0 fully saturated rings. The van der Waals surface area contributed by atoms with Crippen molar-refractivity contribution < 1.29 is 0 Å². The van der Waals surface area contributed by atoms with Gasteiger partial charge in [0, 0.05) is 18.6 Å². The van der Waals surface area contributed by atoms with Gasteiger partial charge in [-0.25, -0.2) is 10.2 Å². The van der Waals surface area contributed by atoms with E-state index in [1.165, 1.54) is 23.8 Å². The van der Waals surface area contributed by atoms with Crippen molar-refractivity contribution >= 4 is 34.4 Å². The van der Waals surface area contributed by atoms with Crippen LogP contribution < -0.4 is 16.7 Å². The molecule has 3 aromatic rings. The van der Waals surface area contributed by atoms with Gasteiger partial charge in [-0.2, -0.15) is 10.1 Å². The second kappa shape index (κ2) is 10.4. The second-order valence-corrected chi connectivity index (χ2v) is 8.10. The second-order valence-electron chi connectivity index (χ2n) is 7.66. The number of aromatic nitrogens is 4. The molecule has 0 unspecified atom stereocenters. The maximum atomic E-state index is 12.5. The Bertz CT molecular complexity index is 1170. The van der Waals surface area contributed by atoms with Crippen LogP contribution in [0.1, 0.15) is 57.9 Å². The molecule has 1 aromatic carbocycles. The number of imidazole rings is 1. The Balaban J connectivity index is 1.89. The summed E-state index contributed by atoms with van der Waals surface area (Å²) in [6, 6.07) is 7.38. The summed E-state index contributed by atoms with van der Waals surface area (Å²) in [4.78, 5) is 31.4. The van der Waals surface area contributed by atoms with Crippen molar-refractivity contribution in [2.24, 2.45) is 12.1 Å². The van der Waals surface area contributed by atoms with Crippen molar-refractivity contribution in [3.63, 3.8) is 0 Å². The Morgan fingerprint density at radius 2 is 1.81 bits per heavy atom. The zero-order chi connectivity index (χ0) is 22.4. The zero-order valence-corrected chi connectivity index (χ0v) is 19.0. The molecule has 0 radical (unpaired) electrons. The highest BCUT2D eigenvalue weighted by atomic mass is 35.5. The summed E-state index contributed by atoms with van der Waals surface area (Å²) in [5.41, 5.74) is 4.43. The quantitative estimate of drug-likeness (QED) is 0.277. The number of H-pyrrole nitrogens is 1. The number of anilines is 1. The van der Waals surface area contributed by atoms with Gasteiger partial charge in [0.05, 0.1) is 5.71 Å². The molecule has 0 saturated heterocycles. The molecular weight excluding hydrogens is 416 g/mol. The number of hydrazone groups is 1. The van der Waals surface area contributed by atoms with Gasteiger partial charge in [0.15, 0.2) is 11.2 Å². The van der Waals surface area contributed by atoms with Gasteiger partial charge in [-0.3, -0.25) is 14.3 Å². The van der Waals surface area contributed by atoms with Crippen LogP contribution in [0.2, 0.25) is 5.02 Å². The van der Waals surface area contributed by atoms with E-state index in [0.717, 1.165) is 30.5 Å². The number of nitrogens with zero attached hydrogens (tertiary/aromatic N) is 4. The van der Waals surface area contributed by atoms with Crippen molar-refractivity contribution in [1.29, 1.82) is 0 Å². The molecular formula is C22H29ClN6O2. The number of nitrogens with one attached hydrogen (secondary N) is 2. The molecule has 0 aliphatic carbocycles. The molecule has 2 aromatic heterocycles. The van der Waals surface area contributed by atoms with Gasteiger partial charge in [0.2, 0.25) is 5.95 Å². The van der Waals surface area contributed by atoms with Crippen LogP contribution in [0.25, 0.3) is 11.2 Å². The Labute approximate surface area is 186 Å². The lowest BCUT2D eigenvalue weighted by Gasteiger charge is -2.09. The number of halogens is 1. The zero-order valence-electron chi connectivity index (χ0n) is 18.2. The molecule has 8 nitrogen and oxygen atoms in total. The average Bonchev–Trinajstić information content (AvgIpc) is 3.12. The molecule has 0 saturated carbocycles. The normalized spacial score (nSPS) is 11.9. The van der Waals surface area contributed by atoms with Gasteiger partial charge in [-0.05, 0) is 31.0 Å². The number of hydrogen-bond acceptors (Lipinski definition) is 5. The lowest BCUT2D eigenvalue weighted by Crippen LogP contribution is -2.29. The minimum absolute atomic E-state index is 0.335. The van der Waals surface area contributed by atoms with E-state index in [2.05, 4.69) is 27.4 Å². The van der Waals surface area contributed by atoms with Gasteiger partial charge in [0.1, 0.15) is 0 Å². The van der Waals surface area contributed by atoms with Crippen LogP contribution in [0.5, 0.6) is 0 Å². The van der Waals surface area contributed by atoms with E-state index in [1.54, 1.807) is 19.2 Å². The Morgan fingerprint density at radius 1 is 1.13 bits per heavy atom. The molecule has 0 spiro atoms. The first-order valence-corrected chi connectivity index (χ1v) is 11.1. The molecule has 0 aliphatic heterocycles. The summed E-state index contributed by atoms with van der Waals surface area (Å²) in [6.45, 7) is 4.68. The van der Waals surface area contributed by atoms with Gasteiger partial charge in [0.25, 0.3) is 5.56 Å². The van der Waals surface area contributed by atoms with Crippen molar-refractivity contribution in [3.05, 3.63) is 55.7 Å². The van der Waals surface area contributed by atoms with Gasteiger partial charge in [-0.15, -0.1) is 0 Å². The molecule has 31 heavy (non-hydrogen) atoms. The Hall–Kier alpha value is -2.87. The maximum Gasteiger partial charge on any atom is 0.329 e. The van der Waals surface area contributed by atoms with E-state index >= 15 is 0 Å². The third kappa shape index (κ3) is 5.44. The predicted octanol–water partition coefficient (Wildman–Crippen LogP) is 4.27. The number of fused-ring (bicyclic) bond motifs is 1. The fraction of sp³-hybridized carbons (Fsp3) is 0.455. The summed E-state index contributed by atoms with van der Waals surface area (Å²) in [7, 11) is 1.59. The minimum Gasteiger partial charge on any atom is -0.303 e. The summed E-state index contributed by atoms with van der Waals surface area (Å²) in [5.74, 6) is 0.434. The number of unbranched alkanes of at least 4 members (excludes halogenated alkanes) is 5. The number of aryl methyl sites for hydroxylation is 2. The highest BCUT2D eigenvalue weighted by Gasteiger charge is 2.17. The van der Waals surface area contributed by atoms with Crippen LogP contribution in [-0.2, 0) is 13.6 Å². The third-order valence-corrected chi connectivity index (χ3v) is 5.58. The topological polar surface area (TPSA) is 97.1 Å². The predicted molar refractivity (Wildman–Crippen MR) is 126 cm³/mol. The molecule has 166 valence electrons. The first kappa shape index (κ1) is 22.8. The molecule has 0 atom stereocenters. The van der Waals surface area contributed by atoms with Gasteiger partial charge >= 0.3 is 5.69 Å². The van der Waals surface area contributed by atoms with Crippen LogP contribution in [0.15, 0.2) is 39.0 Å². The fourth-order valence-corrected chi connectivity index (χ4v) is 3.60. The largest absolute Gasteiger partial charge is 0.329 e. The molecule has 2 N–H and O–H groups in total. The summed E-state index contributed by atoms with van der Waals surface area (Å²) >= 11 is 5.96. The van der Waals surface area contributed by atoms with E-state index in [4.69, 9.17) is 11.6 Å². The van der Waals surface area contributed by atoms with Crippen LogP contribution in [-0.4, -0.2) is 24.8 Å². The monoisotopic (exact) mass is 444 g/mol. The standard InChI is InChI=1S/C22H29ClN6O2/c1-4-5-6-7-8-9-14-29-18-19(28(3)22(31)25-20(18)30)24-21(29)27-26-15(2)16-10-12-17(23)13-11-16/h10-13H,4-9,14H2,1-3H3,(H,24,27)(H,25,30,31)/b26-15+. The Kier molecular flexibility index (Phi) is 7.68. The van der Waals surface area contributed by atoms with E-state index < -0.39 is 11.2 Å². The number of aromatic amines is 1. The molecule has 0 aliphatic rings. The first-order valence-electron chi connectivity index (χ1n) is 10.7. The molecule has 0 amide bonds. The maximum absolute atomic E-state index is 12.5.